The monoisotopic (exact) mass is 285 g/mol. The van der Waals surface area contributed by atoms with E-state index in [2.05, 4.69) is 21.9 Å². The SMILES string of the molecule is C/C(=N\NC(=O)CNc1ccc(C)cc1C)c1ccco1. The molecule has 0 saturated heterocycles. The first-order valence-corrected chi connectivity index (χ1v) is 6.74. The van der Waals surface area contributed by atoms with Crippen molar-refractivity contribution in [1.29, 1.82) is 0 Å². The summed E-state index contributed by atoms with van der Waals surface area (Å²) < 4.78 is 5.19. The van der Waals surface area contributed by atoms with Crippen molar-refractivity contribution in [1.82, 2.24) is 5.43 Å². The zero-order valence-corrected chi connectivity index (χ0v) is 12.4. The minimum absolute atomic E-state index is 0.166. The molecule has 0 unspecified atom stereocenters. The molecule has 1 aromatic heterocycles. The molecule has 0 aliphatic rings. The number of anilines is 1. The summed E-state index contributed by atoms with van der Waals surface area (Å²) in [5, 5.41) is 7.09. The van der Waals surface area contributed by atoms with Gasteiger partial charge < -0.3 is 9.73 Å². The molecule has 0 fully saturated rings. The van der Waals surface area contributed by atoms with Crippen LogP contribution in [-0.4, -0.2) is 18.2 Å². The van der Waals surface area contributed by atoms with E-state index < -0.39 is 0 Å². The Morgan fingerprint density at radius 1 is 1.29 bits per heavy atom. The summed E-state index contributed by atoms with van der Waals surface area (Å²) in [4.78, 5) is 11.8. The molecule has 1 amide bonds. The summed E-state index contributed by atoms with van der Waals surface area (Å²) in [5.41, 5.74) is 6.37. The Bertz CT molecular complexity index is 646. The van der Waals surface area contributed by atoms with Gasteiger partial charge in [-0.2, -0.15) is 5.10 Å². The number of rotatable bonds is 5. The highest BCUT2D eigenvalue weighted by Crippen LogP contribution is 2.15. The Kier molecular flexibility index (Phi) is 4.77. The molecule has 1 aromatic carbocycles. The zero-order valence-electron chi connectivity index (χ0n) is 12.4. The summed E-state index contributed by atoms with van der Waals surface area (Å²) in [6.45, 7) is 5.98. The minimum atomic E-state index is -0.208. The molecule has 0 aliphatic carbocycles. The number of carbonyl (C=O) groups excluding carboxylic acids is 1. The van der Waals surface area contributed by atoms with Gasteiger partial charge in [0.25, 0.3) is 5.91 Å². The largest absolute Gasteiger partial charge is 0.463 e. The number of amides is 1. The van der Waals surface area contributed by atoms with E-state index in [9.17, 15) is 4.79 Å². The molecule has 5 heteroatoms. The van der Waals surface area contributed by atoms with Crippen molar-refractivity contribution in [3.63, 3.8) is 0 Å². The highest BCUT2D eigenvalue weighted by atomic mass is 16.3. The maximum absolute atomic E-state index is 11.8. The van der Waals surface area contributed by atoms with Gasteiger partial charge in [-0.25, -0.2) is 5.43 Å². The van der Waals surface area contributed by atoms with Crippen LogP contribution in [0.1, 0.15) is 23.8 Å². The molecule has 21 heavy (non-hydrogen) atoms. The summed E-state index contributed by atoms with van der Waals surface area (Å²) in [6.07, 6.45) is 1.57. The van der Waals surface area contributed by atoms with E-state index in [-0.39, 0.29) is 12.5 Å². The average molecular weight is 285 g/mol. The molecule has 2 rings (SSSR count). The molecular formula is C16H19N3O2. The van der Waals surface area contributed by atoms with Gasteiger partial charge in [0.1, 0.15) is 11.5 Å². The third-order valence-electron chi connectivity index (χ3n) is 3.05. The van der Waals surface area contributed by atoms with E-state index >= 15 is 0 Å². The molecule has 2 N–H and O–H groups in total. The summed E-state index contributed by atoms with van der Waals surface area (Å²) in [7, 11) is 0. The van der Waals surface area contributed by atoms with Crippen LogP contribution in [0.15, 0.2) is 46.1 Å². The molecule has 1 heterocycles. The van der Waals surface area contributed by atoms with Gasteiger partial charge in [-0.05, 0) is 44.5 Å². The molecule has 0 atom stereocenters. The van der Waals surface area contributed by atoms with Crippen LogP contribution in [0.25, 0.3) is 0 Å². The van der Waals surface area contributed by atoms with Crippen molar-refractivity contribution in [3.8, 4) is 0 Å². The Hall–Kier alpha value is -2.56. The van der Waals surface area contributed by atoms with Crippen LogP contribution in [0.3, 0.4) is 0 Å². The molecule has 110 valence electrons. The molecule has 5 nitrogen and oxygen atoms in total. The first kappa shape index (κ1) is 14.8. The normalized spacial score (nSPS) is 11.3. The van der Waals surface area contributed by atoms with Crippen molar-refractivity contribution in [2.24, 2.45) is 5.10 Å². The number of hydrazone groups is 1. The van der Waals surface area contributed by atoms with Gasteiger partial charge in [0.2, 0.25) is 0 Å². The quantitative estimate of drug-likeness (QED) is 0.655. The van der Waals surface area contributed by atoms with E-state index in [4.69, 9.17) is 4.42 Å². The standard InChI is InChI=1S/C16H19N3O2/c1-11-6-7-14(12(2)9-11)17-10-16(20)19-18-13(3)15-5-4-8-21-15/h4-9,17H,10H2,1-3H3,(H,19,20)/b18-13+. The van der Waals surface area contributed by atoms with Crippen LogP contribution < -0.4 is 10.7 Å². The number of aryl methyl sites for hydroxylation is 2. The second-order valence-corrected chi connectivity index (χ2v) is 4.88. The fourth-order valence-corrected chi connectivity index (χ4v) is 1.91. The predicted molar refractivity (Wildman–Crippen MR) is 83.5 cm³/mol. The van der Waals surface area contributed by atoms with Crippen molar-refractivity contribution in [3.05, 3.63) is 53.5 Å². The van der Waals surface area contributed by atoms with Crippen LogP contribution in [0.5, 0.6) is 0 Å². The topological polar surface area (TPSA) is 66.6 Å². The van der Waals surface area contributed by atoms with E-state index in [1.807, 2.05) is 26.0 Å². The third-order valence-corrected chi connectivity index (χ3v) is 3.05. The number of carbonyl (C=O) groups is 1. The second-order valence-electron chi connectivity index (χ2n) is 4.88. The van der Waals surface area contributed by atoms with Crippen molar-refractivity contribution < 1.29 is 9.21 Å². The fourth-order valence-electron chi connectivity index (χ4n) is 1.91. The van der Waals surface area contributed by atoms with Gasteiger partial charge in [-0.15, -0.1) is 0 Å². The molecule has 0 bridgehead atoms. The number of benzene rings is 1. The minimum Gasteiger partial charge on any atom is -0.463 e. The van der Waals surface area contributed by atoms with Crippen molar-refractivity contribution >= 4 is 17.3 Å². The van der Waals surface area contributed by atoms with Crippen LogP contribution in [-0.2, 0) is 4.79 Å². The van der Waals surface area contributed by atoms with E-state index in [0.717, 1.165) is 11.3 Å². The number of hydrogen-bond donors (Lipinski definition) is 2. The summed E-state index contributed by atoms with van der Waals surface area (Å²) >= 11 is 0. The smallest absolute Gasteiger partial charge is 0.259 e. The summed E-state index contributed by atoms with van der Waals surface area (Å²) in [5.74, 6) is 0.429. The maximum Gasteiger partial charge on any atom is 0.259 e. The molecule has 0 saturated carbocycles. The van der Waals surface area contributed by atoms with E-state index in [0.29, 0.717) is 11.5 Å². The zero-order chi connectivity index (χ0) is 15.2. The Morgan fingerprint density at radius 2 is 2.10 bits per heavy atom. The lowest BCUT2D eigenvalue weighted by atomic mass is 10.1. The molecular weight excluding hydrogens is 266 g/mol. The second kappa shape index (κ2) is 6.74. The van der Waals surface area contributed by atoms with Crippen LogP contribution in [0, 0.1) is 13.8 Å². The predicted octanol–water partition coefficient (Wildman–Crippen LogP) is 2.85. The van der Waals surface area contributed by atoms with Gasteiger partial charge in [0.15, 0.2) is 0 Å². The first-order valence-electron chi connectivity index (χ1n) is 6.74. The first-order chi connectivity index (χ1) is 10.1. The molecule has 0 spiro atoms. The number of nitrogens with zero attached hydrogens (tertiary/aromatic N) is 1. The van der Waals surface area contributed by atoms with Crippen molar-refractivity contribution in [2.45, 2.75) is 20.8 Å². The number of nitrogens with one attached hydrogen (secondary N) is 2. The van der Waals surface area contributed by atoms with Crippen LogP contribution in [0.4, 0.5) is 5.69 Å². The van der Waals surface area contributed by atoms with E-state index in [1.54, 1.807) is 25.3 Å². The highest BCUT2D eigenvalue weighted by Gasteiger charge is 2.04. The molecule has 0 aliphatic heterocycles. The number of furan rings is 1. The lowest BCUT2D eigenvalue weighted by molar-refractivity contribution is -0.119. The Morgan fingerprint density at radius 3 is 2.76 bits per heavy atom. The average Bonchev–Trinajstić information content (AvgIpc) is 2.98. The molecule has 0 radical (unpaired) electrons. The van der Waals surface area contributed by atoms with Gasteiger partial charge in [0.05, 0.1) is 12.8 Å². The van der Waals surface area contributed by atoms with Crippen molar-refractivity contribution in [2.75, 3.05) is 11.9 Å². The molecule has 2 aromatic rings. The van der Waals surface area contributed by atoms with E-state index in [1.165, 1.54) is 5.56 Å². The van der Waals surface area contributed by atoms with Crippen LogP contribution >= 0.6 is 0 Å². The Balaban J connectivity index is 1.86. The summed E-state index contributed by atoms with van der Waals surface area (Å²) in [6, 6.07) is 9.61. The number of hydrogen-bond acceptors (Lipinski definition) is 4. The van der Waals surface area contributed by atoms with Crippen LogP contribution in [0.2, 0.25) is 0 Å². The Labute approximate surface area is 124 Å². The van der Waals surface area contributed by atoms with Gasteiger partial charge in [-0.1, -0.05) is 17.7 Å². The van der Waals surface area contributed by atoms with Gasteiger partial charge >= 0.3 is 0 Å². The lowest BCUT2D eigenvalue weighted by Gasteiger charge is -2.09. The van der Waals surface area contributed by atoms with Gasteiger partial charge in [0, 0.05) is 5.69 Å². The maximum atomic E-state index is 11.8. The van der Waals surface area contributed by atoms with Gasteiger partial charge in [-0.3, -0.25) is 4.79 Å². The fraction of sp³-hybridized carbons (Fsp3) is 0.250. The third kappa shape index (κ3) is 4.21. The highest BCUT2D eigenvalue weighted by molar-refractivity contribution is 5.97. The lowest BCUT2D eigenvalue weighted by Crippen LogP contribution is -2.26.